The topological polar surface area (TPSA) is 32.7 Å². The van der Waals surface area contributed by atoms with Crippen molar-refractivity contribution < 1.29 is 4.79 Å². The Morgan fingerprint density at radius 2 is 2.15 bits per heavy atom. The smallest absolute Gasteiger partial charge is 0.240 e. The quantitative estimate of drug-likeness (QED) is 0.826. The van der Waals surface area contributed by atoms with Gasteiger partial charge < -0.3 is 0 Å². The van der Waals surface area contributed by atoms with Gasteiger partial charge >= 0.3 is 0 Å². The van der Waals surface area contributed by atoms with Crippen LogP contribution < -0.4 is 0 Å². The number of rotatable bonds is 2. The molecule has 1 aliphatic rings. The van der Waals surface area contributed by atoms with Gasteiger partial charge in [0.05, 0.1) is 11.8 Å². The number of benzene rings is 1. The number of hydrazone groups is 1. The first-order valence-electron chi connectivity index (χ1n) is 6.62. The predicted molar refractivity (Wildman–Crippen MR) is 81.9 cm³/mol. The molecule has 4 heteroatoms. The van der Waals surface area contributed by atoms with Crippen LogP contribution in [0.5, 0.6) is 0 Å². The Bertz CT molecular complexity index is 661. The molecule has 0 bridgehead atoms. The van der Waals surface area contributed by atoms with Crippen LogP contribution in [-0.4, -0.2) is 16.6 Å². The van der Waals surface area contributed by atoms with E-state index >= 15 is 0 Å². The second-order valence-corrected chi connectivity index (χ2v) is 5.78. The van der Waals surface area contributed by atoms with Crippen molar-refractivity contribution in [3.8, 4) is 0 Å². The summed E-state index contributed by atoms with van der Waals surface area (Å²) in [6.45, 7) is 3.65. The zero-order valence-electron chi connectivity index (χ0n) is 11.5. The van der Waals surface area contributed by atoms with Crippen LogP contribution in [0.25, 0.3) is 0 Å². The van der Waals surface area contributed by atoms with Gasteiger partial charge in [-0.05, 0) is 34.9 Å². The Morgan fingerprint density at radius 3 is 2.80 bits per heavy atom. The van der Waals surface area contributed by atoms with E-state index in [4.69, 9.17) is 0 Å². The molecule has 0 spiro atoms. The van der Waals surface area contributed by atoms with Gasteiger partial charge in [-0.25, -0.2) is 5.01 Å². The molecule has 1 aromatic carbocycles. The van der Waals surface area contributed by atoms with E-state index in [0.29, 0.717) is 0 Å². The van der Waals surface area contributed by atoms with Gasteiger partial charge in [0, 0.05) is 18.9 Å². The Balaban J connectivity index is 1.98. The molecule has 3 rings (SSSR count). The highest BCUT2D eigenvalue weighted by Gasteiger charge is 2.32. The highest BCUT2D eigenvalue weighted by atomic mass is 32.1. The van der Waals surface area contributed by atoms with E-state index in [1.165, 1.54) is 11.1 Å². The van der Waals surface area contributed by atoms with Crippen molar-refractivity contribution >= 4 is 23.0 Å². The van der Waals surface area contributed by atoms with E-state index in [1.54, 1.807) is 23.3 Å². The van der Waals surface area contributed by atoms with E-state index in [0.717, 1.165) is 17.7 Å². The van der Waals surface area contributed by atoms with Crippen molar-refractivity contribution in [3.05, 3.63) is 57.8 Å². The van der Waals surface area contributed by atoms with Gasteiger partial charge in [0.2, 0.25) is 5.91 Å². The molecule has 0 saturated carbocycles. The molecule has 1 aliphatic heterocycles. The van der Waals surface area contributed by atoms with Crippen molar-refractivity contribution in [1.82, 2.24) is 5.01 Å². The molecule has 1 aromatic heterocycles. The summed E-state index contributed by atoms with van der Waals surface area (Å²) in [6.07, 6.45) is 0.779. The van der Waals surface area contributed by atoms with Crippen molar-refractivity contribution in [2.24, 2.45) is 5.10 Å². The maximum absolute atomic E-state index is 11.9. The van der Waals surface area contributed by atoms with Gasteiger partial charge in [-0.2, -0.15) is 16.4 Å². The molecule has 102 valence electrons. The van der Waals surface area contributed by atoms with Crippen molar-refractivity contribution in [1.29, 1.82) is 0 Å². The summed E-state index contributed by atoms with van der Waals surface area (Å²) in [5, 5.41) is 10.3. The Morgan fingerprint density at radius 1 is 1.35 bits per heavy atom. The van der Waals surface area contributed by atoms with Crippen LogP contribution in [0.2, 0.25) is 0 Å². The lowest BCUT2D eigenvalue weighted by Crippen LogP contribution is -2.24. The highest BCUT2D eigenvalue weighted by Crippen LogP contribution is 2.34. The first kappa shape index (κ1) is 13.1. The molecular formula is C16H16N2OS. The van der Waals surface area contributed by atoms with Crippen LogP contribution >= 0.6 is 11.3 Å². The summed E-state index contributed by atoms with van der Waals surface area (Å²) in [5.74, 6) is -0.0107. The molecule has 0 fully saturated rings. The number of amides is 1. The third-order valence-corrected chi connectivity index (χ3v) is 4.32. The fraction of sp³-hybridized carbons (Fsp3) is 0.250. The average molecular weight is 284 g/mol. The maximum Gasteiger partial charge on any atom is 0.240 e. The minimum atomic E-state index is -0.0107. The van der Waals surface area contributed by atoms with Crippen molar-refractivity contribution in [2.45, 2.75) is 26.3 Å². The summed E-state index contributed by atoms with van der Waals surface area (Å²) >= 11 is 1.65. The van der Waals surface area contributed by atoms with Gasteiger partial charge in [-0.15, -0.1) is 0 Å². The Kier molecular flexibility index (Phi) is 3.40. The van der Waals surface area contributed by atoms with E-state index in [2.05, 4.69) is 35.6 Å². The molecule has 20 heavy (non-hydrogen) atoms. The minimum absolute atomic E-state index is 0.0107. The molecule has 0 radical (unpaired) electrons. The number of carbonyl (C=O) groups excluding carboxylic acids is 1. The molecule has 2 aromatic rings. The SMILES string of the molecule is CC(=O)N1N=C(c2ccsc2)C[C@H]1c1ccccc1C. The summed E-state index contributed by atoms with van der Waals surface area (Å²) in [7, 11) is 0. The first-order chi connectivity index (χ1) is 9.66. The monoisotopic (exact) mass is 284 g/mol. The Labute approximate surface area is 122 Å². The minimum Gasteiger partial charge on any atom is -0.273 e. The lowest BCUT2D eigenvalue weighted by atomic mass is 9.96. The summed E-state index contributed by atoms with van der Waals surface area (Å²) in [5.41, 5.74) is 4.49. The zero-order valence-corrected chi connectivity index (χ0v) is 12.4. The third kappa shape index (κ3) is 2.27. The molecule has 0 N–H and O–H groups in total. The van der Waals surface area contributed by atoms with Crippen molar-refractivity contribution in [2.75, 3.05) is 0 Å². The summed E-state index contributed by atoms with van der Waals surface area (Å²) in [4.78, 5) is 11.9. The van der Waals surface area contributed by atoms with Gasteiger partial charge in [-0.1, -0.05) is 24.3 Å². The molecule has 0 aliphatic carbocycles. The van der Waals surface area contributed by atoms with E-state index in [-0.39, 0.29) is 11.9 Å². The van der Waals surface area contributed by atoms with Gasteiger partial charge in [0.1, 0.15) is 0 Å². The first-order valence-corrected chi connectivity index (χ1v) is 7.56. The molecule has 1 amide bonds. The highest BCUT2D eigenvalue weighted by molar-refractivity contribution is 7.08. The van der Waals surface area contributed by atoms with Crippen LogP contribution in [0.1, 0.15) is 36.1 Å². The molecule has 1 atom stereocenters. The van der Waals surface area contributed by atoms with Crippen LogP contribution in [0, 0.1) is 6.92 Å². The number of nitrogens with zero attached hydrogens (tertiary/aromatic N) is 2. The fourth-order valence-electron chi connectivity index (χ4n) is 2.61. The van der Waals surface area contributed by atoms with E-state index in [9.17, 15) is 4.79 Å². The van der Waals surface area contributed by atoms with Crippen LogP contribution in [0.15, 0.2) is 46.2 Å². The number of hydrogen-bond acceptors (Lipinski definition) is 3. The predicted octanol–water partition coefficient (Wildman–Crippen LogP) is 3.75. The van der Waals surface area contributed by atoms with Crippen LogP contribution in [0.3, 0.4) is 0 Å². The molecular weight excluding hydrogens is 268 g/mol. The summed E-state index contributed by atoms with van der Waals surface area (Å²) in [6, 6.07) is 10.3. The number of thiophene rings is 1. The Hall–Kier alpha value is -1.94. The largest absolute Gasteiger partial charge is 0.273 e. The molecule has 0 saturated heterocycles. The van der Waals surface area contributed by atoms with E-state index < -0.39 is 0 Å². The zero-order chi connectivity index (χ0) is 14.1. The van der Waals surface area contributed by atoms with Crippen LogP contribution in [-0.2, 0) is 4.79 Å². The average Bonchev–Trinajstić information content (AvgIpc) is 3.08. The summed E-state index contributed by atoms with van der Waals surface area (Å²) < 4.78 is 0. The van der Waals surface area contributed by atoms with Gasteiger partial charge in [0.15, 0.2) is 0 Å². The lowest BCUT2D eigenvalue weighted by Gasteiger charge is -2.22. The van der Waals surface area contributed by atoms with Gasteiger partial charge in [-0.3, -0.25) is 4.79 Å². The second-order valence-electron chi connectivity index (χ2n) is 5.00. The normalized spacial score (nSPS) is 18.2. The molecule has 2 heterocycles. The maximum atomic E-state index is 11.9. The third-order valence-electron chi connectivity index (χ3n) is 3.63. The second kappa shape index (κ2) is 5.21. The lowest BCUT2D eigenvalue weighted by molar-refractivity contribution is -0.130. The number of aryl methyl sites for hydroxylation is 1. The molecule has 3 nitrogen and oxygen atoms in total. The van der Waals surface area contributed by atoms with E-state index in [1.807, 2.05) is 17.5 Å². The number of hydrogen-bond donors (Lipinski definition) is 0. The number of carbonyl (C=O) groups is 1. The standard InChI is InChI=1S/C16H16N2OS/c1-11-5-3-4-6-14(11)16-9-15(13-7-8-20-10-13)17-18(16)12(2)19/h3-8,10,16H,9H2,1-2H3/t16-/m0/s1. The van der Waals surface area contributed by atoms with Gasteiger partial charge in [0.25, 0.3) is 0 Å². The fourth-order valence-corrected chi connectivity index (χ4v) is 3.27. The van der Waals surface area contributed by atoms with Crippen molar-refractivity contribution in [3.63, 3.8) is 0 Å². The van der Waals surface area contributed by atoms with Crippen LogP contribution in [0.4, 0.5) is 0 Å². The molecule has 0 unspecified atom stereocenters.